The molecule has 0 aromatic heterocycles. The summed E-state index contributed by atoms with van der Waals surface area (Å²) in [7, 11) is 0. The van der Waals surface area contributed by atoms with Crippen LogP contribution in [-0.2, 0) is 22.4 Å². The van der Waals surface area contributed by atoms with Crippen LogP contribution in [0.5, 0.6) is 0 Å². The molecule has 5 heteroatoms. The summed E-state index contributed by atoms with van der Waals surface area (Å²) in [5.74, 6) is -1.37. The number of nitrogens with one attached hydrogen (secondary N) is 2. The molecule has 0 bridgehead atoms. The van der Waals surface area contributed by atoms with Gasteiger partial charge in [-0.2, -0.15) is 0 Å². The number of anilines is 1. The largest absolute Gasteiger partial charge is 0.388 e. The molecular weight excluding hydrogens is 292 g/mol. The zero-order valence-electron chi connectivity index (χ0n) is 13.4. The van der Waals surface area contributed by atoms with E-state index < -0.39 is 17.4 Å². The fourth-order valence-electron chi connectivity index (χ4n) is 3.55. The third-order valence-corrected chi connectivity index (χ3v) is 4.92. The van der Waals surface area contributed by atoms with Gasteiger partial charge in [-0.25, -0.2) is 0 Å². The lowest BCUT2D eigenvalue weighted by Crippen LogP contribution is -2.47. The second-order valence-electron chi connectivity index (χ2n) is 6.76. The molecule has 0 radical (unpaired) electrons. The van der Waals surface area contributed by atoms with E-state index >= 15 is 0 Å². The van der Waals surface area contributed by atoms with Gasteiger partial charge in [0.05, 0.1) is 5.60 Å². The fourth-order valence-corrected chi connectivity index (χ4v) is 3.55. The van der Waals surface area contributed by atoms with Crippen LogP contribution < -0.4 is 10.6 Å². The Labute approximate surface area is 136 Å². The molecule has 1 aromatic carbocycles. The molecule has 5 nitrogen and oxygen atoms in total. The van der Waals surface area contributed by atoms with E-state index in [9.17, 15) is 14.7 Å². The Morgan fingerprint density at radius 3 is 2.52 bits per heavy atom. The van der Waals surface area contributed by atoms with E-state index in [-0.39, 0.29) is 6.54 Å². The van der Waals surface area contributed by atoms with Crippen molar-refractivity contribution >= 4 is 17.5 Å². The van der Waals surface area contributed by atoms with Gasteiger partial charge in [0.15, 0.2) is 0 Å². The summed E-state index contributed by atoms with van der Waals surface area (Å²) in [4.78, 5) is 23.9. The molecule has 2 aliphatic carbocycles. The molecule has 2 aliphatic rings. The molecule has 3 N–H and O–H groups in total. The Balaban J connectivity index is 1.52. The summed E-state index contributed by atoms with van der Waals surface area (Å²) in [5, 5.41) is 15.6. The summed E-state index contributed by atoms with van der Waals surface area (Å²) in [6.07, 6.45) is 7.67. The molecule has 0 atom stereocenters. The smallest absolute Gasteiger partial charge is 0.313 e. The molecule has 0 heterocycles. The monoisotopic (exact) mass is 316 g/mol. The molecule has 0 spiro atoms. The molecule has 1 fully saturated rings. The van der Waals surface area contributed by atoms with Crippen LogP contribution in [0.1, 0.15) is 49.7 Å². The van der Waals surface area contributed by atoms with Crippen LogP contribution >= 0.6 is 0 Å². The van der Waals surface area contributed by atoms with E-state index in [4.69, 9.17) is 0 Å². The van der Waals surface area contributed by atoms with Crippen LogP contribution in [-0.4, -0.2) is 29.1 Å². The van der Waals surface area contributed by atoms with Crippen molar-refractivity contribution in [2.45, 2.75) is 57.0 Å². The van der Waals surface area contributed by atoms with Crippen molar-refractivity contribution in [1.82, 2.24) is 5.32 Å². The van der Waals surface area contributed by atoms with Gasteiger partial charge in [0.1, 0.15) is 0 Å². The number of carbonyl (C=O) groups is 2. The van der Waals surface area contributed by atoms with Gasteiger partial charge in [-0.15, -0.1) is 0 Å². The lowest BCUT2D eigenvalue weighted by atomic mass is 9.85. The van der Waals surface area contributed by atoms with Gasteiger partial charge in [-0.3, -0.25) is 9.59 Å². The van der Waals surface area contributed by atoms with Gasteiger partial charge < -0.3 is 15.7 Å². The van der Waals surface area contributed by atoms with Crippen LogP contribution in [0.2, 0.25) is 0 Å². The first-order valence-electron chi connectivity index (χ1n) is 8.49. The van der Waals surface area contributed by atoms with Gasteiger partial charge >= 0.3 is 11.8 Å². The van der Waals surface area contributed by atoms with Crippen molar-refractivity contribution in [3.63, 3.8) is 0 Å². The quantitative estimate of drug-likeness (QED) is 0.746. The predicted octanol–water partition coefficient (Wildman–Crippen LogP) is 1.93. The standard InChI is InChI=1S/C18H24N2O3/c21-16(19-12-18(23)9-2-1-3-10-18)17(22)20-15-8-7-13-5-4-6-14(13)11-15/h7-8,11,23H,1-6,9-10,12H2,(H,19,21)(H,20,22). The van der Waals surface area contributed by atoms with Gasteiger partial charge in [-0.05, 0) is 55.4 Å². The molecule has 124 valence electrons. The average Bonchev–Trinajstić information content (AvgIpc) is 3.01. The molecule has 1 saturated carbocycles. The van der Waals surface area contributed by atoms with E-state index in [1.54, 1.807) is 0 Å². The van der Waals surface area contributed by atoms with Crippen molar-refractivity contribution in [3.8, 4) is 0 Å². The Morgan fingerprint density at radius 1 is 1.00 bits per heavy atom. The Hall–Kier alpha value is -1.88. The zero-order valence-corrected chi connectivity index (χ0v) is 13.4. The van der Waals surface area contributed by atoms with E-state index in [0.717, 1.165) is 38.5 Å². The summed E-state index contributed by atoms with van der Waals surface area (Å²) in [5.41, 5.74) is 2.37. The number of carbonyl (C=O) groups excluding carboxylic acids is 2. The summed E-state index contributed by atoms with van der Waals surface area (Å²) in [6, 6.07) is 5.80. The normalized spacial score (nSPS) is 19.0. The third-order valence-electron chi connectivity index (χ3n) is 4.92. The first kappa shape index (κ1) is 16.0. The Morgan fingerprint density at radius 2 is 1.74 bits per heavy atom. The summed E-state index contributed by atoms with van der Waals surface area (Å²) < 4.78 is 0. The average molecular weight is 316 g/mol. The molecule has 0 saturated heterocycles. The molecule has 3 rings (SSSR count). The number of hydrogen-bond acceptors (Lipinski definition) is 3. The Bertz CT molecular complexity index is 606. The highest BCUT2D eigenvalue weighted by Crippen LogP contribution is 2.27. The molecule has 1 aromatic rings. The molecule has 0 unspecified atom stereocenters. The highest BCUT2D eigenvalue weighted by Gasteiger charge is 2.30. The summed E-state index contributed by atoms with van der Waals surface area (Å²) in [6.45, 7) is 0.142. The van der Waals surface area contributed by atoms with Gasteiger partial charge in [0.25, 0.3) is 0 Å². The number of hydrogen-bond donors (Lipinski definition) is 3. The number of aryl methyl sites for hydroxylation is 2. The number of benzene rings is 1. The number of aliphatic hydroxyl groups is 1. The second kappa shape index (κ2) is 6.71. The molecular formula is C18H24N2O3. The minimum absolute atomic E-state index is 0.142. The maximum absolute atomic E-state index is 12.0. The number of amides is 2. The van der Waals surface area contributed by atoms with E-state index in [2.05, 4.69) is 10.6 Å². The minimum atomic E-state index is -0.859. The van der Waals surface area contributed by atoms with Crippen LogP contribution in [0.15, 0.2) is 18.2 Å². The van der Waals surface area contributed by atoms with Crippen LogP contribution in [0.25, 0.3) is 0 Å². The van der Waals surface area contributed by atoms with Crippen molar-refractivity contribution in [2.24, 2.45) is 0 Å². The fraction of sp³-hybridized carbons (Fsp3) is 0.556. The first-order valence-corrected chi connectivity index (χ1v) is 8.49. The van der Waals surface area contributed by atoms with Gasteiger partial charge in [-0.1, -0.05) is 25.3 Å². The van der Waals surface area contributed by atoms with Crippen molar-refractivity contribution in [2.75, 3.05) is 11.9 Å². The minimum Gasteiger partial charge on any atom is -0.388 e. The topological polar surface area (TPSA) is 78.4 Å². The van der Waals surface area contributed by atoms with E-state index in [1.807, 2.05) is 18.2 Å². The predicted molar refractivity (Wildman–Crippen MR) is 88.1 cm³/mol. The number of rotatable bonds is 3. The van der Waals surface area contributed by atoms with Crippen LogP contribution in [0, 0.1) is 0 Å². The zero-order chi connectivity index (χ0) is 16.3. The molecule has 23 heavy (non-hydrogen) atoms. The van der Waals surface area contributed by atoms with Gasteiger partial charge in [0.2, 0.25) is 0 Å². The highest BCUT2D eigenvalue weighted by atomic mass is 16.3. The number of fused-ring (bicyclic) bond motifs is 1. The maximum Gasteiger partial charge on any atom is 0.313 e. The van der Waals surface area contributed by atoms with Crippen LogP contribution in [0.3, 0.4) is 0 Å². The van der Waals surface area contributed by atoms with Crippen molar-refractivity contribution in [3.05, 3.63) is 29.3 Å². The molecule has 0 aliphatic heterocycles. The lowest BCUT2D eigenvalue weighted by Gasteiger charge is -2.31. The van der Waals surface area contributed by atoms with E-state index in [0.29, 0.717) is 18.5 Å². The lowest BCUT2D eigenvalue weighted by molar-refractivity contribution is -0.137. The molecule has 2 amide bonds. The third kappa shape index (κ3) is 3.91. The van der Waals surface area contributed by atoms with E-state index in [1.165, 1.54) is 11.1 Å². The maximum atomic E-state index is 12.0. The first-order chi connectivity index (χ1) is 11.1. The SMILES string of the molecule is O=C(NCC1(O)CCCCC1)C(=O)Nc1ccc2c(c1)CCC2. The Kier molecular flexibility index (Phi) is 4.66. The van der Waals surface area contributed by atoms with Crippen LogP contribution in [0.4, 0.5) is 5.69 Å². The summed E-state index contributed by atoms with van der Waals surface area (Å²) >= 11 is 0. The highest BCUT2D eigenvalue weighted by molar-refractivity contribution is 6.39. The van der Waals surface area contributed by atoms with Crippen molar-refractivity contribution in [1.29, 1.82) is 0 Å². The van der Waals surface area contributed by atoms with Crippen molar-refractivity contribution < 1.29 is 14.7 Å². The second-order valence-corrected chi connectivity index (χ2v) is 6.76. The van der Waals surface area contributed by atoms with Gasteiger partial charge in [0, 0.05) is 12.2 Å².